The number of benzene rings is 2. The van der Waals surface area contributed by atoms with Crippen LogP contribution in [0.5, 0.6) is 0 Å². The second-order valence-corrected chi connectivity index (χ2v) is 8.74. The van der Waals surface area contributed by atoms with Gasteiger partial charge in [-0.05, 0) is 41.8 Å². The Labute approximate surface area is 181 Å². The molecule has 0 fully saturated rings. The topological polar surface area (TPSA) is 64.0 Å². The maximum atomic E-state index is 14.4. The fourth-order valence-electron chi connectivity index (χ4n) is 2.73. The number of amides is 1. The first-order chi connectivity index (χ1) is 14.0. The van der Waals surface area contributed by atoms with E-state index in [-0.39, 0.29) is 28.1 Å². The number of para-hydroxylation sites is 1. The third-order valence-corrected chi connectivity index (χ3v) is 6.31. The zero-order chi connectivity index (χ0) is 20.4. The van der Waals surface area contributed by atoms with Crippen LogP contribution in [0, 0.1) is 5.82 Å². The molecule has 29 heavy (non-hydrogen) atoms. The summed E-state index contributed by atoms with van der Waals surface area (Å²) in [5, 5.41) is 4.82. The molecule has 0 spiro atoms. The van der Waals surface area contributed by atoms with Gasteiger partial charge in [0.1, 0.15) is 10.5 Å². The summed E-state index contributed by atoms with van der Waals surface area (Å²) in [6, 6.07) is 15.0. The summed E-state index contributed by atoms with van der Waals surface area (Å²) < 4.78 is 16.9. The Balaban J connectivity index is 1.66. The monoisotopic (exact) mass is 489 g/mol. The third kappa shape index (κ3) is 4.26. The number of rotatable bonds is 5. The van der Waals surface area contributed by atoms with Crippen LogP contribution < -0.4 is 10.9 Å². The Bertz CT molecular complexity index is 1270. The number of carbonyl (C=O) groups is 1. The summed E-state index contributed by atoms with van der Waals surface area (Å²) >= 11 is 5.69. The lowest BCUT2D eigenvalue weighted by atomic mass is 10.3. The second-order valence-electron chi connectivity index (χ2n) is 5.97. The van der Waals surface area contributed by atoms with E-state index in [1.54, 1.807) is 35.7 Å². The van der Waals surface area contributed by atoms with Gasteiger partial charge < -0.3 is 5.32 Å². The molecule has 0 radical (unpaired) electrons. The number of nitrogens with one attached hydrogen (secondary N) is 1. The first-order valence-corrected chi connectivity index (χ1v) is 11.1. The van der Waals surface area contributed by atoms with Crippen LogP contribution in [0.2, 0.25) is 0 Å². The first kappa shape index (κ1) is 19.8. The number of fused-ring (bicyclic) bond motifs is 1. The molecule has 0 saturated heterocycles. The van der Waals surface area contributed by atoms with Gasteiger partial charge in [0.2, 0.25) is 5.91 Å². The van der Waals surface area contributed by atoms with E-state index in [9.17, 15) is 14.0 Å². The Morgan fingerprint density at radius 2 is 2.03 bits per heavy atom. The van der Waals surface area contributed by atoms with Crippen LogP contribution in [0.4, 0.5) is 10.1 Å². The number of aromatic nitrogens is 2. The van der Waals surface area contributed by atoms with Crippen molar-refractivity contribution in [2.75, 3.05) is 11.1 Å². The van der Waals surface area contributed by atoms with Gasteiger partial charge >= 0.3 is 0 Å². The third-order valence-electron chi connectivity index (χ3n) is 3.98. The number of thioether (sulfide) groups is 1. The quantitative estimate of drug-likeness (QED) is 0.313. The SMILES string of the molecule is O=C(CSc1nc2ccsc2c(=O)n1-c1ccccc1F)Nc1cccc(Br)c1. The minimum atomic E-state index is -0.534. The average Bonchev–Trinajstić information content (AvgIpc) is 3.16. The Morgan fingerprint density at radius 1 is 1.21 bits per heavy atom. The molecule has 1 N–H and O–H groups in total. The molecule has 0 saturated carbocycles. The zero-order valence-electron chi connectivity index (χ0n) is 14.8. The van der Waals surface area contributed by atoms with Crippen LogP contribution in [-0.4, -0.2) is 21.2 Å². The zero-order valence-corrected chi connectivity index (χ0v) is 18.0. The normalized spacial score (nSPS) is 11.0. The highest BCUT2D eigenvalue weighted by molar-refractivity contribution is 9.10. The van der Waals surface area contributed by atoms with E-state index in [0.717, 1.165) is 16.2 Å². The molecule has 9 heteroatoms. The molecule has 0 aliphatic rings. The largest absolute Gasteiger partial charge is 0.325 e. The van der Waals surface area contributed by atoms with E-state index in [4.69, 9.17) is 0 Å². The van der Waals surface area contributed by atoms with E-state index in [1.807, 2.05) is 12.1 Å². The fourth-order valence-corrected chi connectivity index (χ4v) is 4.69. The Kier molecular flexibility index (Phi) is 5.79. The van der Waals surface area contributed by atoms with Crippen LogP contribution in [0.3, 0.4) is 0 Å². The molecule has 0 aliphatic carbocycles. The van der Waals surface area contributed by atoms with Gasteiger partial charge in [-0.3, -0.25) is 14.2 Å². The van der Waals surface area contributed by atoms with Crippen molar-refractivity contribution in [3.05, 3.63) is 80.6 Å². The van der Waals surface area contributed by atoms with Crippen LogP contribution in [0.1, 0.15) is 0 Å². The lowest BCUT2D eigenvalue weighted by Crippen LogP contribution is -2.23. The lowest BCUT2D eigenvalue weighted by Gasteiger charge is -2.12. The molecule has 2 aromatic heterocycles. The molecule has 2 heterocycles. The van der Waals surface area contributed by atoms with E-state index in [2.05, 4.69) is 26.2 Å². The fraction of sp³-hybridized carbons (Fsp3) is 0.0500. The molecule has 4 rings (SSSR count). The summed E-state index contributed by atoms with van der Waals surface area (Å²) in [4.78, 5) is 29.8. The van der Waals surface area contributed by atoms with Crippen molar-refractivity contribution in [2.24, 2.45) is 0 Å². The van der Waals surface area contributed by atoms with Crippen LogP contribution in [0.15, 0.2) is 74.4 Å². The molecular formula is C20H13BrFN3O2S2. The highest BCUT2D eigenvalue weighted by Crippen LogP contribution is 2.25. The van der Waals surface area contributed by atoms with Crippen LogP contribution in [0.25, 0.3) is 15.9 Å². The number of nitrogens with zero attached hydrogens (tertiary/aromatic N) is 2. The number of carbonyl (C=O) groups excluding carboxylic acids is 1. The van der Waals surface area contributed by atoms with Gasteiger partial charge in [-0.2, -0.15) is 0 Å². The van der Waals surface area contributed by atoms with Gasteiger partial charge in [0, 0.05) is 10.2 Å². The number of hydrogen-bond acceptors (Lipinski definition) is 5. The number of hydrogen-bond donors (Lipinski definition) is 1. The predicted octanol–water partition coefficient (Wildman–Crippen LogP) is 5.08. The van der Waals surface area contributed by atoms with E-state index in [1.165, 1.54) is 28.0 Å². The predicted molar refractivity (Wildman–Crippen MR) is 119 cm³/mol. The van der Waals surface area contributed by atoms with Crippen molar-refractivity contribution < 1.29 is 9.18 Å². The van der Waals surface area contributed by atoms with Crippen LogP contribution in [-0.2, 0) is 4.79 Å². The van der Waals surface area contributed by atoms with Gasteiger partial charge in [0.15, 0.2) is 5.16 Å². The highest BCUT2D eigenvalue weighted by Gasteiger charge is 2.17. The molecule has 146 valence electrons. The molecule has 0 unspecified atom stereocenters. The maximum absolute atomic E-state index is 14.4. The lowest BCUT2D eigenvalue weighted by molar-refractivity contribution is -0.113. The molecule has 0 atom stereocenters. The maximum Gasteiger partial charge on any atom is 0.276 e. The van der Waals surface area contributed by atoms with Crippen molar-refractivity contribution in [1.29, 1.82) is 0 Å². The molecule has 2 aromatic carbocycles. The summed E-state index contributed by atoms with van der Waals surface area (Å²) in [6.45, 7) is 0. The summed E-state index contributed by atoms with van der Waals surface area (Å²) in [6.07, 6.45) is 0. The number of anilines is 1. The minimum Gasteiger partial charge on any atom is -0.325 e. The van der Waals surface area contributed by atoms with E-state index in [0.29, 0.717) is 15.9 Å². The molecule has 5 nitrogen and oxygen atoms in total. The Morgan fingerprint density at radius 3 is 2.83 bits per heavy atom. The van der Waals surface area contributed by atoms with E-state index < -0.39 is 5.82 Å². The average molecular weight is 490 g/mol. The summed E-state index contributed by atoms with van der Waals surface area (Å²) in [7, 11) is 0. The minimum absolute atomic E-state index is 0.0169. The molecule has 0 aliphatic heterocycles. The summed E-state index contributed by atoms with van der Waals surface area (Å²) in [5.41, 5.74) is 0.931. The van der Waals surface area contributed by atoms with Gasteiger partial charge in [0.05, 0.1) is 17.0 Å². The van der Waals surface area contributed by atoms with Crippen molar-refractivity contribution in [3.63, 3.8) is 0 Å². The van der Waals surface area contributed by atoms with Crippen molar-refractivity contribution in [1.82, 2.24) is 9.55 Å². The van der Waals surface area contributed by atoms with Crippen LogP contribution >= 0.6 is 39.0 Å². The van der Waals surface area contributed by atoms with Gasteiger partial charge in [0.25, 0.3) is 5.56 Å². The molecule has 1 amide bonds. The summed E-state index contributed by atoms with van der Waals surface area (Å²) in [5.74, 6) is -0.774. The number of halogens is 2. The standard InChI is InChI=1S/C20H13BrFN3O2S2/c21-12-4-3-5-13(10-12)23-17(26)11-29-20-24-15-8-9-28-18(15)19(27)25(20)16-7-2-1-6-14(16)22/h1-10H,11H2,(H,23,26). The smallest absolute Gasteiger partial charge is 0.276 e. The number of thiophene rings is 1. The Hall–Kier alpha value is -2.49. The van der Waals surface area contributed by atoms with E-state index >= 15 is 0 Å². The highest BCUT2D eigenvalue weighted by atomic mass is 79.9. The van der Waals surface area contributed by atoms with Gasteiger partial charge in [-0.15, -0.1) is 11.3 Å². The van der Waals surface area contributed by atoms with Crippen molar-refractivity contribution in [3.8, 4) is 5.69 Å². The molecular weight excluding hydrogens is 477 g/mol. The van der Waals surface area contributed by atoms with Gasteiger partial charge in [-0.25, -0.2) is 9.37 Å². The van der Waals surface area contributed by atoms with Crippen molar-refractivity contribution >= 4 is 60.8 Å². The second kappa shape index (κ2) is 8.48. The first-order valence-electron chi connectivity index (χ1n) is 8.46. The van der Waals surface area contributed by atoms with Gasteiger partial charge in [-0.1, -0.05) is 45.9 Å². The van der Waals surface area contributed by atoms with Crippen molar-refractivity contribution in [2.45, 2.75) is 5.16 Å². The molecule has 4 aromatic rings. The molecule has 0 bridgehead atoms.